The lowest BCUT2D eigenvalue weighted by molar-refractivity contribution is 0.0696. The zero-order valence-electron chi connectivity index (χ0n) is 14.9. The van der Waals surface area contributed by atoms with E-state index < -0.39 is 0 Å². The SMILES string of the molecule is CCOc1cn2c(cc1=O)C(=O)N(CCNC(=O)c1ccc(Cl)cc1)CC2. The molecule has 1 aliphatic rings. The van der Waals surface area contributed by atoms with E-state index in [1.807, 2.05) is 0 Å². The number of nitrogens with one attached hydrogen (secondary N) is 1. The van der Waals surface area contributed by atoms with Gasteiger partial charge in [0.15, 0.2) is 5.75 Å². The van der Waals surface area contributed by atoms with Crippen LogP contribution < -0.4 is 15.5 Å². The first-order chi connectivity index (χ1) is 13.0. The summed E-state index contributed by atoms with van der Waals surface area (Å²) in [4.78, 5) is 38.4. The Bertz CT molecular complexity index is 908. The molecular weight excluding hydrogens is 370 g/mol. The lowest BCUT2D eigenvalue weighted by Crippen LogP contribution is -2.45. The van der Waals surface area contributed by atoms with Crippen molar-refractivity contribution in [3.63, 3.8) is 0 Å². The van der Waals surface area contributed by atoms with Gasteiger partial charge in [-0.25, -0.2) is 0 Å². The van der Waals surface area contributed by atoms with Gasteiger partial charge in [0.05, 0.1) is 12.8 Å². The number of halogens is 1. The number of nitrogens with zero attached hydrogens (tertiary/aromatic N) is 2. The molecule has 1 aromatic heterocycles. The van der Waals surface area contributed by atoms with Crippen molar-refractivity contribution in [1.82, 2.24) is 14.8 Å². The highest BCUT2D eigenvalue weighted by atomic mass is 35.5. The fourth-order valence-corrected chi connectivity index (χ4v) is 3.03. The second kappa shape index (κ2) is 8.26. The lowest BCUT2D eigenvalue weighted by Gasteiger charge is -2.30. The predicted octanol–water partition coefficient (Wildman–Crippen LogP) is 1.79. The van der Waals surface area contributed by atoms with E-state index >= 15 is 0 Å². The smallest absolute Gasteiger partial charge is 0.270 e. The molecule has 0 unspecified atom stereocenters. The van der Waals surface area contributed by atoms with Crippen LogP contribution in [0.4, 0.5) is 0 Å². The number of carbonyl (C=O) groups excluding carboxylic acids is 2. The standard InChI is InChI=1S/C19H20ClN3O4/c1-2-27-17-12-23-10-9-22(19(26)15(23)11-16(17)24)8-7-21-18(25)13-3-5-14(20)6-4-13/h3-6,11-12H,2,7-10H2,1H3,(H,21,25). The third-order valence-corrected chi connectivity index (χ3v) is 4.54. The summed E-state index contributed by atoms with van der Waals surface area (Å²) < 4.78 is 7.03. The quantitative estimate of drug-likeness (QED) is 0.816. The average Bonchev–Trinajstić information content (AvgIpc) is 2.65. The largest absolute Gasteiger partial charge is 0.488 e. The van der Waals surface area contributed by atoms with Crippen LogP contribution >= 0.6 is 11.6 Å². The number of hydrogen-bond acceptors (Lipinski definition) is 4. The van der Waals surface area contributed by atoms with Gasteiger partial charge in [-0.2, -0.15) is 0 Å². The molecule has 2 amide bonds. The van der Waals surface area contributed by atoms with E-state index in [4.69, 9.17) is 16.3 Å². The Kier molecular flexibility index (Phi) is 5.81. The van der Waals surface area contributed by atoms with Crippen molar-refractivity contribution in [2.75, 3.05) is 26.2 Å². The Hall–Kier alpha value is -2.80. The first-order valence-corrected chi connectivity index (χ1v) is 9.07. The number of rotatable bonds is 6. The highest BCUT2D eigenvalue weighted by Crippen LogP contribution is 2.14. The highest BCUT2D eigenvalue weighted by molar-refractivity contribution is 6.30. The zero-order valence-corrected chi connectivity index (χ0v) is 15.7. The van der Waals surface area contributed by atoms with Crippen molar-refractivity contribution in [2.24, 2.45) is 0 Å². The highest BCUT2D eigenvalue weighted by Gasteiger charge is 2.25. The molecule has 1 N–H and O–H groups in total. The molecule has 0 saturated heterocycles. The minimum atomic E-state index is -0.311. The van der Waals surface area contributed by atoms with E-state index in [0.717, 1.165) is 0 Å². The van der Waals surface area contributed by atoms with Gasteiger partial charge in [-0.05, 0) is 31.2 Å². The van der Waals surface area contributed by atoms with Gasteiger partial charge in [0.2, 0.25) is 5.43 Å². The van der Waals surface area contributed by atoms with Gasteiger partial charge in [0.1, 0.15) is 5.69 Å². The predicted molar refractivity (Wildman–Crippen MR) is 102 cm³/mol. The number of aromatic nitrogens is 1. The molecule has 0 spiro atoms. The third-order valence-electron chi connectivity index (χ3n) is 4.28. The van der Waals surface area contributed by atoms with Gasteiger partial charge in [-0.3, -0.25) is 14.4 Å². The van der Waals surface area contributed by atoms with E-state index in [1.165, 1.54) is 6.07 Å². The molecule has 0 atom stereocenters. The number of amides is 2. The third kappa shape index (κ3) is 4.31. The lowest BCUT2D eigenvalue weighted by atomic mass is 10.2. The monoisotopic (exact) mass is 389 g/mol. The molecule has 1 aliphatic heterocycles. The van der Waals surface area contributed by atoms with Crippen LogP contribution in [-0.4, -0.2) is 47.5 Å². The van der Waals surface area contributed by atoms with Crippen molar-refractivity contribution >= 4 is 23.4 Å². The first-order valence-electron chi connectivity index (χ1n) is 8.70. The number of benzene rings is 1. The maximum atomic E-state index is 12.6. The molecule has 0 bridgehead atoms. The van der Waals surface area contributed by atoms with E-state index in [2.05, 4.69) is 5.32 Å². The van der Waals surface area contributed by atoms with Crippen molar-refractivity contribution in [1.29, 1.82) is 0 Å². The molecule has 27 heavy (non-hydrogen) atoms. The van der Waals surface area contributed by atoms with Crippen LogP contribution in [0.25, 0.3) is 0 Å². The Balaban J connectivity index is 1.60. The number of carbonyl (C=O) groups is 2. The van der Waals surface area contributed by atoms with Crippen LogP contribution in [0.15, 0.2) is 41.3 Å². The fourth-order valence-electron chi connectivity index (χ4n) is 2.90. The van der Waals surface area contributed by atoms with E-state index in [9.17, 15) is 14.4 Å². The molecule has 8 heteroatoms. The van der Waals surface area contributed by atoms with Gasteiger partial charge in [0, 0.05) is 42.8 Å². The maximum Gasteiger partial charge on any atom is 0.270 e. The molecule has 0 fully saturated rings. The molecular formula is C19H20ClN3O4. The summed E-state index contributed by atoms with van der Waals surface area (Å²) >= 11 is 5.81. The molecule has 2 aromatic rings. The minimum absolute atomic E-state index is 0.228. The Labute approximate surface area is 161 Å². The van der Waals surface area contributed by atoms with E-state index in [-0.39, 0.29) is 23.0 Å². The summed E-state index contributed by atoms with van der Waals surface area (Å²) in [6, 6.07) is 7.89. The van der Waals surface area contributed by atoms with Gasteiger partial charge < -0.3 is 19.5 Å². The van der Waals surface area contributed by atoms with Crippen molar-refractivity contribution in [2.45, 2.75) is 13.5 Å². The molecule has 142 valence electrons. The Morgan fingerprint density at radius 1 is 1.22 bits per heavy atom. The molecule has 2 heterocycles. The van der Waals surface area contributed by atoms with Crippen molar-refractivity contribution in [3.05, 3.63) is 63.0 Å². The molecule has 0 saturated carbocycles. The van der Waals surface area contributed by atoms with Gasteiger partial charge >= 0.3 is 0 Å². The van der Waals surface area contributed by atoms with Gasteiger partial charge in [-0.1, -0.05) is 11.6 Å². The number of hydrogen-bond donors (Lipinski definition) is 1. The first kappa shape index (κ1) is 19.0. The van der Waals surface area contributed by atoms with Crippen LogP contribution in [0.3, 0.4) is 0 Å². The molecule has 0 aliphatic carbocycles. The minimum Gasteiger partial charge on any atom is -0.488 e. The summed E-state index contributed by atoms with van der Waals surface area (Å²) in [5.41, 5.74) is 0.526. The fraction of sp³-hybridized carbons (Fsp3) is 0.316. The summed E-state index contributed by atoms with van der Waals surface area (Å²) in [5, 5.41) is 3.34. The van der Waals surface area contributed by atoms with Crippen LogP contribution in [0, 0.1) is 0 Å². The Morgan fingerprint density at radius 3 is 2.67 bits per heavy atom. The number of pyridine rings is 1. The maximum absolute atomic E-state index is 12.6. The van der Waals surface area contributed by atoms with Crippen LogP contribution in [0.1, 0.15) is 27.8 Å². The number of ether oxygens (including phenoxy) is 1. The molecule has 0 radical (unpaired) electrons. The molecule has 7 nitrogen and oxygen atoms in total. The zero-order chi connectivity index (χ0) is 19.4. The number of fused-ring (bicyclic) bond motifs is 1. The van der Waals surface area contributed by atoms with Gasteiger partial charge in [0.25, 0.3) is 11.8 Å². The summed E-state index contributed by atoms with van der Waals surface area (Å²) in [6.45, 7) is 3.93. The van der Waals surface area contributed by atoms with Crippen molar-refractivity contribution < 1.29 is 14.3 Å². The topological polar surface area (TPSA) is 80.6 Å². The van der Waals surface area contributed by atoms with E-state index in [0.29, 0.717) is 49.1 Å². The molecule has 3 rings (SSSR count). The van der Waals surface area contributed by atoms with Crippen molar-refractivity contribution in [3.8, 4) is 5.75 Å². The summed E-state index contributed by atoms with van der Waals surface area (Å²) in [6.07, 6.45) is 1.58. The van der Waals surface area contributed by atoms with Crippen LogP contribution in [0.5, 0.6) is 5.75 Å². The average molecular weight is 390 g/mol. The summed E-state index contributed by atoms with van der Waals surface area (Å²) in [7, 11) is 0. The van der Waals surface area contributed by atoms with Crippen LogP contribution in [-0.2, 0) is 6.54 Å². The van der Waals surface area contributed by atoms with E-state index in [1.54, 1.807) is 46.9 Å². The second-order valence-corrected chi connectivity index (χ2v) is 6.51. The Morgan fingerprint density at radius 2 is 1.96 bits per heavy atom. The summed E-state index contributed by atoms with van der Waals surface area (Å²) in [5.74, 6) is -0.214. The van der Waals surface area contributed by atoms with Gasteiger partial charge in [-0.15, -0.1) is 0 Å². The molecule has 1 aromatic carbocycles. The second-order valence-electron chi connectivity index (χ2n) is 6.07. The normalized spacial score (nSPS) is 13.3. The van der Waals surface area contributed by atoms with Crippen LogP contribution in [0.2, 0.25) is 5.02 Å².